The molecule has 2 amide bonds. The Bertz CT molecular complexity index is 515. The van der Waals surface area contributed by atoms with Gasteiger partial charge in [-0.1, -0.05) is 20.8 Å². The number of nitrogens with zero attached hydrogens (tertiary/aromatic N) is 1. The van der Waals surface area contributed by atoms with E-state index >= 15 is 0 Å². The van der Waals surface area contributed by atoms with Crippen molar-refractivity contribution < 1.29 is 14.3 Å². The van der Waals surface area contributed by atoms with E-state index in [2.05, 4.69) is 24.5 Å². The summed E-state index contributed by atoms with van der Waals surface area (Å²) in [5.74, 6) is 1.11. The number of nitrogens with one attached hydrogen (secondary N) is 2. The molecule has 2 N–H and O–H groups in total. The topological polar surface area (TPSA) is 70.7 Å². The number of carbonyl (C=O) groups excluding carboxylic acids is 2. The lowest BCUT2D eigenvalue weighted by Crippen LogP contribution is -2.41. The number of benzene rings is 1. The van der Waals surface area contributed by atoms with Gasteiger partial charge in [0.2, 0.25) is 11.8 Å². The van der Waals surface area contributed by atoms with Crippen LogP contribution in [0.25, 0.3) is 0 Å². The molecule has 0 aliphatic heterocycles. The summed E-state index contributed by atoms with van der Waals surface area (Å²) in [5, 5.41) is 5.71. The van der Waals surface area contributed by atoms with Gasteiger partial charge in [0, 0.05) is 12.2 Å². The Morgan fingerprint density at radius 3 is 2.29 bits per heavy atom. The molecule has 0 heterocycles. The molecule has 0 atom stereocenters. The fourth-order valence-corrected chi connectivity index (χ4v) is 2.12. The molecule has 0 aliphatic rings. The minimum Gasteiger partial charge on any atom is -0.497 e. The normalized spacial score (nSPS) is 10.8. The van der Waals surface area contributed by atoms with Gasteiger partial charge in [-0.15, -0.1) is 0 Å². The Morgan fingerprint density at radius 1 is 1.12 bits per heavy atom. The summed E-state index contributed by atoms with van der Waals surface area (Å²) in [6.45, 7) is 7.88. The van der Waals surface area contributed by atoms with Gasteiger partial charge >= 0.3 is 0 Å². The fourth-order valence-electron chi connectivity index (χ4n) is 2.12. The Labute approximate surface area is 144 Å². The first kappa shape index (κ1) is 20.0. The lowest BCUT2D eigenvalue weighted by Gasteiger charge is -2.19. The Morgan fingerprint density at radius 2 is 1.75 bits per heavy atom. The van der Waals surface area contributed by atoms with E-state index in [1.807, 2.05) is 11.8 Å². The van der Waals surface area contributed by atoms with Crippen LogP contribution in [-0.2, 0) is 9.59 Å². The molecule has 0 bridgehead atoms. The SMILES string of the molecule is CCN(CC(=O)NCCC(C)C)CC(=O)Nc1ccc(OC)cc1. The van der Waals surface area contributed by atoms with Crippen LogP contribution in [0.1, 0.15) is 27.2 Å². The predicted octanol–water partition coefficient (Wildman–Crippen LogP) is 2.12. The van der Waals surface area contributed by atoms with Crippen molar-refractivity contribution in [2.24, 2.45) is 5.92 Å². The minimum absolute atomic E-state index is 0.0465. The second-order valence-electron chi connectivity index (χ2n) is 6.11. The molecule has 0 fully saturated rings. The maximum absolute atomic E-state index is 12.1. The molecule has 6 nitrogen and oxygen atoms in total. The lowest BCUT2D eigenvalue weighted by atomic mass is 10.1. The van der Waals surface area contributed by atoms with Crippen molar-refractivity contribution in [3.63, 3.8) is 0 Å². The van der Waals surface area contributed by atoms with Crippen molar-refractivity contribution in [3.05, 3.63) is 24.3 Å². The first-order valence-corrected chi connectivity index (χ1v) is 8.37. The number of rotatable bonds is 10. The second-order valence-corrected chi connectivity index (χ2v) is 6.11. The summed E-state index contributed by atoms with van der Waals surface area (Å²) in [5.41, 5.74) is 0.707. The van der Waals surface area contributed by atoms with Crippen molar-refractivity contribution in [3.8, 4) is 5.75 Å². The summed E-state index contributed by atoms with van der Waals surface area (Å²) < 4.78 is 5.08. The highest BCUT2D eigenvalue weighted by molar-refractivity contribution is 5.92. The molecule has 1 rings (SSSR count). The molecule has 24 heavy (non-hydrogen) atoms. The highest BCUT2D eigenvalue weighted by Gasteiger charge is 2.13. The first-order chi connectivity index (χ1) is 11.4. The monoisotopic (exact) mass is 335 g/mol. The summed E-state index contributed by atoms with van der Waals surface area (Å²) in [7, 11) is 1.60. The van der Waals surface area contributed by atoms with E-state index in [0.717, 1.165) is 12.2 Å². The number of ether oxygens (including phenoxy) is 1. The van der Waals surface area contributed by atoms with Gasteiger partial charge in [0.25, 0.3) is 0 Å². The van der Waals surface area contributed by atoms with Crippen molar-refractivity contribution in [1.82, 2.24) is 10.2 Å². The van der Waals surface area contributed by atoms with Crippen molar-refractivity contribution in [2.45, 2.75) is 27.2 Å². The summed E-state index contributed by atoms with van der Waals surface area (Å²) in [6, 6.07) is 7.14. The third kappa shape index (κ3) is 7.97. The third-order valence-electron chi connectivity index (χ3n) is 3.60. The van der Waals surface area contributed by atoms with Crippen molar-refractivity contribution in [2.75, 3.05) is 38.6 Å². The van der Waals surface area contributed by atoms with Gasteiger partial charge in [-0.05, 0) is 43.1 Å². The van der Waals surface area contributed by atoms with Crippen LogP contribution < -0.4 is 15.4 Å². The molecule has 0 aromatic heterocycles. The first-order valence-electron chi connectivity index (χ1n) is 8.37. The van der Waals surface area contributed by atoms with E-state index in [9.17, 15) is 9.59 Å². The number of anilines is 1. The molecule has 1 aromatic rings. The summed E-state index contributed by atoms with van der Waals surface area (Å²) in [4.78, 5) is 25.8. The maximum Gasteiger partial charge on any atom is 0.238 e. The second kappa shape index (κ2) is 10.6. The molecule has 0 aliphatic carbocycles. The van der Waals surface area contributed by atoms with E-state index in [0.29, 0.717) is 24.7 Å². The number of likely N-dealkylation sites (N-methyl/N-ethyl adjacent to an activating group) is 1. The fraction of sp³-hybridized carbons (Fsp3) is 0.556. The van der Waals surface area contributed by atoms with Gasteiger partial charge in [0.1, 0.15) is 5.75 Å². The van der Waals surface area contributed by atoms with Crippen LogP contribution >= 0.6 is 0 Å². The highest BCUT2D eigenvalue weighted by Crippen LogP contribution is 2.14. The van der Waals surface area contributed by atoms with Gasteiger partial charge in [-0.3, -0.25) is 14.5 Å². The van der Waals surface area contributed by atoms with Crippen molar-refractivity contribution in [1.29, 1.82) is 0 Å². The summed E-state index contributed by atoms with van der Waals surface area (Å²) >= 11 is 0. The average molecular weight is 335 g/mol. The zero-order valence-corrected chi connectivity index (χ0v) is 15.1. The van der Waals surface area contributed by atoms with Gasteiger partial charge < -0.3 is 15.4 Å². The predicted molar refractivity (Wildman–Crippen MR) is 96.2 cm³/mol. The Balaban J connectivity index is 2.39. The molecule has 0 saturated carbocycles. The molecule has 0 unspecified atom stereocenters. The number of carbonyl (C=O) groups is 2. The minimum atomic E-state index is -0.142. The molecule has 0 saturated heterocycles. The van der Waals surface area contributed by atoms with Gasteiger partial charge in [-0.25, -0.2) is 0 Å². The molecular formula is C18H29N3O3. The van der Waals surface area contributed by atoms with E-state index in [-0.39, 0.29) is 24.9 Å². The van der Waals surface area contributed by atoms with Crippen LogP contribution in [-0.4, -0.2) is 50.0 Å². The number of hydrogen-bond acceptors (Lipinski definition) is 4. The number of amides is 2. The molecule has 134 valence electrons. The van der Waals surface area contributed by atoms with E-state index in [4.69, 9.17) is 4.74 Å². The Kier molecular flexibility index (Phi) is 8.86. The molecular weight excluding hydrogens is 306 g/mol. The number of methoxy groups -OCH3 is 1. The van der Waals surface area contributed by atoms with Crippen LogP contribution in [0.2, 0.25) is 0 Å². The molecule has 0 radical (unpaired) electrons. The molecule has 0 spiro atoms. The zero-order chi connectivity index (χ0) is 17.9. The Hall–Kier alpha value is -2.08. The zero-order valence-electron chi connectivity index (χ0n) is 15.1. The van der Waals surface area contributed by atoms with E-state index in [1.54, 1.807) is 31.4 Å². The summed E-state index contributed by atoms with van der Waals surface area (Å²) in [6.07, 6.45) is 0.954. The molecule has 6 heteroatoms. The van der Waals surface area contributed by atoms with Crippen LogP contribution in [0.3, 0.4) is 0 Å². The van der Waals surface area contributed by atoms with Crippen LogP contribution in [0.5, 0.6) is 5.75 Å². The standard InChI is InChI=1S/C18H29N3O3/c1-5-21(12-17(22)19-11-10-14(2)3)13-18(23)20-15-6-8-16(24-4)9-7-15/h6-9,14H,5,10-13H2,1-4H3,(H,19,22)(H,20,23). The van der Waals surface area contributed by atoms with Crippen LogP contribution in [0, 0.1) is 5.92 Å². The largest absolute Gasteiger partial charge is 0.497 e. The van der Waals surface area contributed by atoms with Gasteiger partial charge in [0.15, 0.2) is 0 Å². The van der Waals surface area contributed by atoms with E-state index < -0.39 is 0 Å². The smallest absolute Gasteiger partial charge is 0.238 e. The van der Waals surface area contributed by atoms with Crippen LogP contribution in [0.4, 0.5) is 5.69 Å². The van der Waals surface area contributed by atoms with Crippen molar-refractivity contribution >= 4 is 17.5 Å². The quantitative estimate of drug-likeness (QED) is 0.687. The third-order valence-corrected chi connectivity index (χ3v) is 3.60. The van der Waals surface area contributed by atoms with E-state index in [1.165, 1.54) is 0 Å². The average Bonchev–Trinajstić information content (AvgIpc) is 2.54. The maximum atomic E-state index is 12.1. The molecule has 1 aromatic carbocycles. The highest BCUT2D eigenvalue weighted by atomic mass is 16.5. The van der Waals surface area contributed by atoms with Crippen LogP contribution in [0.15, 0.2) is 24.3 Å². The van der Waals surface area contributed by atoms with Gasteiger partial charge in [0.05, 0.1) is 20.2 Å². The van der Waals surface area contributed by atoms with Gasteiger partial charge in [-0.2, -0.15) is 0 Å². The lowest BCUT2D eigenvalue weighted by molar-refractivity contribution is -0.123. The number of hydrogen-bond donors (Lipinski definition) is 2.